The summed E-state index contributed by atoms with van der Waals surface area (Å²) in [5.41, 5.74) is 5.36. The molecule has 0 bridgehead atoms. The van der Waals surface area contributed by atoms with E-state index >= 15 is 0 Å². The second kappa shape index (κ2) is 45.5. The van der Waals surface area contributed by atoms with Crippen molar-refractivity contribution in [1.82, 2.24) is 0 Å². The first-order chi connectivity index (χ1) is 28.3. The Kier molecular flexibility index (Phi) is 44.8. The molecule has 0 aromatic heterocycles. The van der Waals surface area contributed by atoms with Gasteiger partial charge in [-0.3, -0.25) is 18.6 Å². The molecule has 0 fully saturated rings. The molecule has 0 aliphatic carbocycles. The third-order valence-corrected chi connectivity index (χ3v) is 12.2. The standard InChI is InChI=1S/C48H96NO8P/c1-3-5-7-9-11-13-15-17-19-21-22-23-25-26-28-30-32-34-36-38-40-47(50)54-44-46(45-56-58(52,53)55-43-42-49)57-48(51)41-39-37-35-33-31-29-27-24-20-18-16-14-12-10-8-6-4-2/h46H,3-45,49H2,1-2H3,(H,52,53). The van der Waals surface area contributed by atoms with Crippen LogP contribution >= 0.6 is 7.82 Å². The highest BCUT2D eigenvalue weighted by Gasteiger charge is 2.26. The van der Waals surface area contributed by atoms with Gasteiger partial charge in [0.2, 0.25) is 0 Å². The maximum atomic E-state index is 12.6. The summed E-state index contributed by atoms with van der Waals surface area (Å²) in [7, 11) is -4.37. The van der Waals surface area contributed by atoms with Gasteiger partial charge in [0.15, 0.2) is 6.10 Å². The van der Waals surface area contributed by atoms with Crippen molar-refractivity contribution >= 4 is 19.8 Å². The van der Waals surface area contributed by atoms with Crippen LogP contribution in [-0.2, 0) is 32.7 Å². The van der Waals surface area contributed by atoms with E-state index in [1.807, 2.05) is 0 Å². The molecule has 0 heterocycles. The first kappa shape index (κ1) is 57.0. The average Bonchev–Trinajstić information content (AvgIpc) is 3.21. The first-order valence-electron chi connectivity index (χ1n) is 25.0. The van der Waals surface area contributed by atoms with Gasteiger partial charge in [0.25, 0.3) is 0 Å². The molecule has 2 unspecified atom stereocenters. The number of carbonyl (C=O) groups excluding carboxylic acids is 2. The van der Waals surface area contributed by atoms with E-state index < -0.39 is 26.5 Å². The zero-order chi connectivity index (χ0) is 42.5. The lowest BCUT2D eigenvalue weighted by Gasteiger charge is -2.19. The highest BCUT2D eigenvalue weighted by Crippen LogP contribution is 2.43. The molecule has 58 heavy (non-hydrogen) atoms. The van der Waals surface area contributed by atoms with Crippen molar-refractivity contribution in [3.63, 3.8) is 0 Å². The van der Waals surface area contributed by atoms with Gasteiger partial charge < -0.3 is 20.1 Å². The molecule has 0 radical (unpaired) electrons. The van der Waals surface area contributed by atoms with Crippen LogP contribution in [0, 0.1) is 0 Å². The molecule has 0 aliphatic heterocycles. The summed E-state index contributed by atoms with van der Waals surface area (Å²) < 4.78 is 32.9. The van der Waals surface area contributed by atoms with Crippen molar-refractivity contribution in [2.75, 3.05) is 26.4 Å². The van der Waals surface area contributed by atoms with E-state index in [1.165, 1.54) is 199 Å². The van der Waals surface area contributed by atoms with Gasteiger partial charge in [0.1, 0.15) is 6.61 Å². The van der Waals surface area contributed by atoms with Crippen molar-refractivity contribution in [3.8, 4) is 0 Å². The number of unbranched alkanes of at least 4 members (excludes halogenated alkanes) is 35. The van der Waals surface area contributed by atoms with Crippen molar-refractivity contribution in [2.45, 2.75) is 270 Å². The van der Waals surface area contributed by atoms with Crippen molar-refractivity contribution in [3.05, 3.63) is 0 Å². The Bertz CT molecular complexity index is 922. The molecule has 9 nitrogen and oxygen atoms in total. The van der Waals surface area contributed by atoms with Gasteiger partial charge in [-0.15, -0.1) is 0 Å². The van der Waals surface area contributed by atoms with E-state index in [-0.39, 0.29) is 38.6 Å². The lowest BCUT2D eigenvalue weighted by atomic mass is 10.0. The summed E-state index contributed by atoms with van der Waals surface area (Å²) in [5, 5.41) is 0. The van der Waals surface area contributed by atoms with Gasteiger partial charge >= 0.3 is 19.8 Å². The fraction of sp³-hybridized carbons (Fsp3) is 0.958. The molecule has 0 aliphatic rings. The summed E-state index contributed by atoms with van der Waals surface area (Å²) >= 11 is 0. The normalized spacial score (nSPS) is 13.1. The van der Waals surface area contributed by atoms with Crippen molar-refractivity contribution < 1.29 is 37.6 Å². The molecule has 0 aromatic carbocycles. The van der Waals surface area contributed by atoms with Crippen molar-refractivity contribution in [2.24, 2.45) is 5.73 Å². The van der Waals surface area contributed by atoms with Crippen LogP contribution in [0.2, 0.25) is 0 Å². The molecule has 0 saturated heterocycles. The third kappa shape index (κ3) is 44.6. The van der Waals surface area contributed by atoms with E-state index in [9.17, 15) is 19.0 Å². The highest BCUT2D eigenvalue weighted by atomic mass is 31.2. The van der Waals surface area contributed by atoms with Gasteiger partial charge in [-0.2, -0.15) is 0 Å². The summed E-state index contributed by atoms with van der Waals surface area (Å²) in [6.45, 7) is 3.80. The Labute approximate surface area is 358 Å². The van der Waals surface area contributed by atoms with Crippen LogP contribution in [0.3, 0.4) is 0 Å². The minimum atomic E-state index is -4.37. The minimum absolute atomic E-state index is 0.0583. The lowest BCUT2D eigenvalue weighted by Crippen LogP contribution is -2.29. The largest absolute Gasteiger partial charge is 0.472 e. The van der Waals surface area contributed by atoms with Gasteiger partial charge in [-0.05, 0) is 12.8 Å². The van der Waals surface area contributed by atoms with E-state index in [4.69, 9.17) is 24.3 Å². The minimum Gasteiger partial charge on any atom is -0.462 e. The summed E-state index contributed by atoms with van der Waals surface area (Å²) in [6, 6.07) is 0. The predicted octanol–water partition coefficient (Wildman–Crippen LogP) is 14.8. The molecule has 3 N–H and O–H groups in total. The lowest BCUT2D eigenvalue weighted by molar-refractivity contribution is -0.161. The van der Waals surface area contributed by atoms with Gasteiger partial charge in [-0.25, -0.2) is 4.57 Å². The Morgan fingerprint density at radius 2 is 0.741 bits per heavy atom. The summed E-state index contributed by atoms with van der Waals surface area (Å²) in [6.07, 6.45) is 47.1. The van der Waals surface area contributed by atoms with Crippen LogP contribution < -0.4 is 5.73 Å². The number of nitrogens with two attached hydrogens (primary N) is 1. The molecule has 10 heteroatoms. The highest BCUT2D eigenvalue weighted by molar-refractivity contribution is 7.47. The van der Waals surface area contributed by atoms with Crippen LogP contribution in [0.15, 0.2) is 0 Å². The smallest absolute Gasteiger partial charge is 0.462 e. The predicted molar refractivity (Wildman–Crippen MR) is 243 cm³/mol. The topological polar surface area (TPSA) is 134 Å². The van der Waals surface area contributed by atoms with Crippen LogP contribution in [0.1, 0.15) is 264 Å². The van der Waals surface area contributed by atoms with Gasteiger partial charge in [0, 0.05) is 19.4 Å². The molecule has 0 amide bonds. The summed E-state index contributed by atoms with van der Waals surface area (Å²) in [5.74, 6) is -0.807. The number of phosphoric acid groups is 1. The molecular formula is C48H96NO8P. The number of ether oxygens (including phenoxy) is 2. The number of carbonyl (C=O) groups is 2. The molecule has 2 atom stereocenters. The third-order valence-electron chi connectivity index (χ3n) is 11.2. The quantitative estimate of drug-likeness (QED) is 0.0349. The number of rotatable bonds is 48. The first-order valence-corrected chi connectivity index (χ1v) is 26.5. The zero-order valence-corrected chi connectivity index (χ0v) is 39.2. The molecule has 0 saturated carbocycles. The van der Waals surface area contributed by atoms with Crippen LogP contribution in [0.25, 0.3) is 0 Å². The average molecular weight is 846 g/mol. The molecule has 0 aromatic rings. The van der Waals surface area contributed by atoms with E-state index in [2.05, 4.69) is 13.8 Å². The maximum absolute atomic E-state index is 12.6. The molecule has 0 spiro atoms. The maximum Gasteiger partial charge on any atom is 0.472 e. The summed E-state index contributed by atoms with van der Waals surface area (Å²) in [4.78, 5) is 35.0. The zero-order valence-electron chi connectivity index (χ0n) is 38.3. The Balaban J connectivity index is 4.00. The second-order valence-corrected chi connectivity index (χ2v) is 18.5. The Hall–Kier alpha value is -0.990. The number of hydrogen-bond donors (Lipinski definition) is 2. The number of phosphoric ester groups is 1. The monoisotopic (exact) mass is 846 g/mol. The van der Waals surface area contributed by atoms with Crippen LogP contribution in [0.5, 0.6) is 0 Å². The SMILES string of the molecule is CCCCCCCCCCCCCCCCCCCCCCC(=O)OCC(COP(=O)(O)OCCN)OC(=O)CCCCCCCCCCCCCCCCCCC. The van der Waals surface area contributed by atoms with Crippen molar-refractivity contribution in [1.29, 1.82) is 0 Å². The molecule has 346 valence electrons. The second-order valence-electron chi connectivity index (χ2n) is 17.1. The van der Waals surface area contributed by atoms with E-state index in [1.54, 1.807) is 0 Å². The van der Waals surface area contributed by atoms with Crippen LogP contribution in [0.4, 0.5) is 0 Å². The fourth-order valence-corrected chi connectivity index (χ4v) is 8.29. The molecule has 0 rings (SSSR count). The molecular weight excluding hydrogens is 750 g/mol. The Morgan fingerprint density at radius 1 is 0.448 bits per heavy atom. The fourth-order valence-electron chi connectivity index (χ4n) is 7.52. The van der Waals surface area contributed by atoms with E-state index in [0.29, 0.717) is 6.42 Å². The van der Waals surface area contributed by atoms with E-state index in [0.717, 1.165) is 32.1 Å². The number of hydrogen-bond acceptors (Lipinski definition) is 8. The van der Waals surface area contributed by atoms with Crippen LogP contribution in [-0.4, -0.2) is 49.3 Å². The Morgan fingerprint density at radius 3 is 1.05 bits per heavy atom. The number of esters is 2. The van der Waals surface area contributed by atoms with Gasteiger partial charge in [-0.1, -0.05) is 239 Å². The van der Waals surface area contributed by atoms with Gasteiger partial charge in [0.05, 0.1) is 13.2 Å².